The van der Waals surface area contributed by atoms with E-state index in [-0.39, 0.29) is 11.3 Å². The van der Waals surface area contributed by atoms with Crippen molar-refractivity contribution in [1.29, 1.82) is 0 Å². The molecule has 3 nitrogen and oxygen atoms in total. The second-order valence-corrected chi connectivity index (χ2v) is 7.66. The van der Waals surface area contributed by atoms with Gasteiger partial charge in [-0.15, -0.1) is 0 Å². The summed E-state index contributed by atoms with van der Waals surface area (Å²) in [6.45, 7) is 3.64. The van der Waals surface area contributed by atoms with Crippen molar-refractivity contribution in [3.63, 3.8) is 0 Å². The minimum Gasteiger partial charge on any atom is -0.355 e. The van der Waals surface area contributed by atoms with Crippen LogP contribution in [-0.4, -0.2) is 30.5 Å². The van der Waals surface area contributed by atoms with Crippen LogP contribution < -0.4 is 11.1 Å². The molecule has 0 radical (unpaired) electrons. The number of nitrogens with one attached hydrogen (secondary N) is 1. The number of rotatable bonds is 4. The molecule has 1 saturated heterocycles. The van der Waals surface area contributed by atoms with Gasteiger partial charge in [-0.3, -0.25) is 4.79 Å². The summed E-state index contributed by atoms with van der Waals surface area (Å²) in [6, 6.07) is 0. The Hall–Kier alpha value is -0.220. The van der Waals surface area contributed by atoms with Gasteiger partial charge < -0.3 is 11.1 Å². The summed E-state index contributed by atoms with van der Waals surface area (Å²) in [5.74, 6) is 4.16. The lowest BCUT2D eigenvalue weighted by molar-refractivity contribution is -0.133. The van der Waals surface area contributed by atoms with E-state index in [4.69, 9.17) is 5.73 Å². The number of carbonyl (C=O) groups excluding carboxylic acids is 1. The largest absolute Gasteiger partial charge is 0.355 e. The van der Waals surface area contributed by atoms with Crippen molar-refractivity contribution >= 4 is 17.7 Å². The Morgan fingerprint density at radius 2 is 1.89 bits per heavy atom. The highest BCUT2D eigenvalue weighted by atomic mass is 32.2. The zero-order valence-electron chi connectivity index (χ0n) is 12.1. The summed E-state index contributed by atoms with van der Waals surface area (Å²) >= 11 is 2.03. The van der Waals surface area contributed by atoms with Gasteiger partial charge in [0, 0.05) is 13.1 Å². The molecule has 0 spiro atoms. The third-order valence-electron chi connectivity index (χ3n) is 5.00. The predicted octanol–water partition coefficient (Wildman–Crippen LogP) is 2.40. The van der Waals surface area contributed by atoms with Crippen molar-refractivity contribution in [2.24, 2.45) is 23.0 Å². The Bertz CT molecular complexity index is 295. The van der Waals surface area contributed by atoms with Gasteiger partial charge in [0.15, 0.2) is 0 Å². The Morgan fingerprint density at radius 1 is 1.26 bits per heavy atom. The molecule has 1 heterocycles. The number of hydrogen-bond donors (Lipinski definition) is 2. The molecule has 1 amide bonds. The first-order valence-electron chi connectivity index (χ1n) is 7.72. The van der Waals surface area contributed by atoms with Gasteiger partial charge in [-0.05, 0) is 61.9 Å². The highest BCUT2D eigenvalue weighted by molar-refractivity contribution is 7.99. The molecule has 1 aliphatic heterocycles. The second kappa shape index (κ2) is 6.98. The summed E-state index contributed by atoms with van der Waals surface area (Å²) in [7, 11) is 0. The molecular formula is C15H28N2OS. The summed E-state index contributed by atoms with van der Waals surface area (Å²) in [5, 5.41) is 3.20. The van der Waals surface area contributed by atoms with E-state index < -0.39 is 0 Å². The van der Waals surface area contributed by atoms with E-state index in [9.17, 15) is 4.79 Å². The van der Waals surface area contributed by atoms with E-state index >= 15 is 0 Å². The predicted molar refractivity (Wildman–Crippen MR) is 82.2 cm³/mol. The van der Waals surface area contributed by atoms with Gasteiger partial charge >= 0.3 is 0 Å². The van der Waals surface area contributed by atoms with Crippen LogP contribution in [0.3, 0.4) is 0 Å². The first kappa shape index (κ1) is 15.2. The molecule has 0 atom stereocenters. The Balaban J connectivity index is 1.82. The quantitative estimate of drug-likeness (QED) is 0.833. The average molecular weight is 284 g/mol. The molecule has 110 valence electrons. The van der Waals surface area contributed by atoms with Crippen LogP contribution in [0.2, 0.25) is 0 Å². The van der Waals surface area contributed by atoms with Crippen LogP contribution in [0.25, 0.3) is 0 Å². The lowest BCUT2D eigenvalue weighted by Gasteiger charge is -2.37. The second-order valence-electron chi connectivity index (χ2n) is 6.43. The lowest BCUT2D eigenvalue weighted by Crippen LogP contribution is -2.49. The molecule has 2 aliphatic rings. The standard InChI is InChI=1S/C15H28N2OS/c1-12-2-6-15(11-16,7-3-12)14(18)17-10-13-4-8-19-9-5-13/h12-13H,2-11,16H2,1H3,(H,17,18). The van der Waals surface area contributed by atoms with Gasteiger partial charge in [0.1, 0.15) is 0 Å². The zero-order valence-corrected chi connectivity index (χ0v) is 12.9. The van der Waals surface area contributed by atoms with Crippen molar-refractivity contribution in [2.45, 2.75) is 45.4 Å². The van der Waals surface area contributed by atoms with Gasteiger partial charge in [-0.2, -0.15) is 11.8 Å². The number of hydrogen-bond acceptors (Lipinski definition) is 3. The minimum absolute atomic E-state index is 0.222. The van der Waals surface area contributed by atoms with Crippen LogP contribution >= 0.6 is 11.8 Å². The summed E-state index contributed by atoms with van der Waals surface area (Å²) in [5.41, 5.74) is 5.66. The molecule has 0 aromatic carbocycles. The van der Waals surface area contributed by atoms with Crippen LogP contribution in [0.1, 0.15) is 45.4 Å². The van der Waals surface area contributed by atoms with Crippen LogP contribution in [0.4, 0.5) is 0 Å². The van der Waals surface area contributed by atoms with E-state index in [2.05, 4.69) is 12.2 Å². The Kier molecular flexibility index (Phi) is 5.58. The zero-order chi connectivity index (χ0) is 13.7. The summed E-state index contributed by atoms with van der Waals surface area (Å²) < 4.78 is 0. The first-order valence-corrected chi connectivity index (χ1v) is 8.88. The van der Waals surface area contributed by atoms with Gasteiger partial charge in [0.2, 0.25) is 5.91 Å². The minimum atomic E-state index is -0.268. The third-order valence-corrected chi connectivity index (χ3v) is 6.04. The van der Waals surface area contributed by atoms with Crippen LogP contribution in [0.5, 0.6) is 0 Å². The van der Waals surface area contributed by atoms with Crippen molar-refractivity contribution in [1.82, 2.24) is 5.32 Å². The molecule has 0 aromatic heterocycles. The molecule has 19 heavy (non-hydrogen) atoms. The number of nitrogens with two attached hydrogens (primary N) is 1. The molecule has 0 unspecified atom stereocenters. The van der Waals surface area contributed by atoms with Gasteiger partial charge in [0.05, 0.1) is 5.41 Å². The molecule has 2 rings (SSSR count). The Morgan fingerprint density at radius 3 is 2.47 bits per heavy atom. The van der Waals surface area contributed by atoms with Gasteiger partial charge in [-0.25, -0.2) is 0 Å². The molecule has 1 aliphatic carbocycles. The van der Waals surface area contributed by atoms with E-state index in [0.717, 1.165) is 38.1 Å². The van der Waals surface area contributed by atoms with Crippen molar-refractivity contribution < 1.29 is 4.79 Å². The molecule has 2 fully saturated rings. The molecule has 0 bridgehead atoms. The van der Waals surface area contributed by atoms with E-state index in [1.807, 2.05) is 11.8 Å². The highest BCUT2D eigenvalue weighted by Crippen LogP contribution is 2.38. The molecule has 1 saturated carbocycles. The maximum atomic E-state index is 12.5. The summed E-state index contributed by atoms with van der Waals surface area (Å²) in [4.78, 5) is 12.5. The SMILES string of the molecule is CC1CCC(CN)(C(=O)NCC2CCSCC2)CC1. The van der Waals surface area contributed by atoms with Gasteiger partial charge in [0.25, 0.3) is 0 Å². The number of carbonyl (C=O) groups is 1. The first-order chi connectivity index (χ1) is 9.16. The van der Waals surface area contributed by atoms with Gasteiger partial charge in [-0.1, -0.05) is 6.92 Å². The fraction of sp³-hybridized carbons (Fsp3) is 0.933. The number of thioether (sulfide) groups is 1. The van der Waals surface area contributed by atoms with Crippen LogP contribution in [0, 0.1) is 17.3 Å². The maximum Gasteiger partial charge on any atom is 0.227 e. The molecule has 3 N–H and O–H groups in total. The molecular weight excluding hydrogens is 256 g/mol. The van der Waals surface area contributed by atoms with Crippen LogP contribution in [0.15, 0.2) is 0 Å². The Labute approximate surface area is 121 Å². The molecule has 0 aromatic rings. The van der Waals surface area contributed by atoms with E-state index in [0.29, 0.717) is 12.5 Å². The highest BCUT2D eigenvalue weighted by Gasteiger charge is 2.39. The smallest absolute Gasteiger partial charge is 0.227 e. The number of amides is 1. The lowest BCUT2D eigenvalue weighted by atomic mass is 9.70. The van der Waals surface area contributed by atoms with Crippen LogP contribution in [-0.2, 0) is 4.79 Å². The maximum absolute atomic E-state index is 12.5. The van der Waals surface area contributed by atoms with Crippen molar-refractivity contribution in [3.8, 4) is 0 Å². The summed E-state index contributed by atoms with van der Waals surface area (Å²) in [6.07, 6.45) is 6.72. The average Bonchev–Trinajstić information content (AvgIpc) is 2.47. The monoisotopic (exact) mass is 284 g/mol. The third kappa shape index (κ3) is 3.88. The fourth-order valence-corrected chi connectivity index (χ4v) is 4.42. The van der Waals surface area contributed by atoms with E-state index in [1.54, 1.807) is 0 Å². The van der Waals surface area contributed by atoms with Crippen molar-refractivity contribution in [2.75, 3.05) is 24.6 Å². The topological polar surface area (TPSA) is 55.1 Å². The van der Waals surface area contributed by atoms with E-state index in [1.165, 1.54) is 24.3 Å². The fourth-order valence-electron chi connectivity index (χ4n) is 3.21. The normalized spacial score (nSPS) is 33.1. The molecule has 4 heteroatoms. The van der Waals surface area contributed by atoms with Crippen molar-refractivity contribution in [3.05, 3.63) is 0 Å².